The molecular formula is C28H32N10. The van der Waals surface area contributed by atoms with Crippen molar-refractivity contribution in [1.29, 1.82) is 31.6 Å². The summed E-state index contributed by atoms with van der Waals surface area (Å²) < 4.78 is 0. The Morgan fingerprint density at radius 2 is 0.974 bits per heavy atom. The van der Waals surface area contributed by atoms with Crippen LogP contribution in [0.25, 0.3) is 0 Å². The molecule has 0 bridgehead atoms. The minimum Gasteiger partial charge on any atom is -0.387 e. The van der Waals surface area contributed by atoms with E-state index in [4.69, 9.17) is 0 Å². The van der Waals surface area contributed by atoms with Gasteiger partial charge >= 0.3 is 0 Å². The fraction of sp³-hybridized carbons (Fsp3) is 0.500. The number of hydrogen-bond donors (Lipinski definition) is 4. The second kappa shape index (κ2) is 15.5. The normalized spacial score (nSPS) is 18.7. The van der Waals surface area contributed by atoms with Crippen molar-refractivity contribution < 1.29 is 0 Å². The van der Waals surface area contributed by atoms with Gasteiger partial charge in [0.25, 0.3) is 0 Å². The predicted molar refractivity (Wildman–Crippen MR) is 140 cm³/mol. The number of nitrogens with zero attached hydrogens (tertiary/aromatic N) is 6. The van der Waals surface area contributed by atoms with Crippen LogP contribution in [0.4, 0.5) is 0 Å². The fourth-order valence-electron chi connectivity index (χ4n) is 4.76. The molecule has 2 rings (SSSR count). The highest BCUT2D eigenvalue weighted by atomic mass is 14.9. The Kier molecular flexibility index (Phi) is 12.1. The lowest BCUT2D eigenvalue weighted by atomic mass is 9.85. The third kappa shape index (κ3) is 7.46. The molecule has 0 fully saturated rings. The van der Waals surface area contributed by atoms with Gasteiger partial charge in [-0.2, -0.15) is 31.6 Å². The number of nitrogens with one attached hydrogen (secondary N) is 4. The second-order valence-electron chi connectivity index (χ2n) is 9.14. The van der Waals surface area contributed by atoms with Crippen LogP contribution in [0.3, 0.4) is 0 Å². The fourth-order valence-corrected chi connectivity index (χ4v) is 4.76. The van der Waals surface area contributed by atoms with Crippen LogP contribution in [0.1, 0.15) is 51.4 Å². The zero-order chi connectivity index (χ0) is 27.9. The molecule has 0 aromatic heterocycles. The van der Waals surface area contributed by atoms with E-state index in [1.165, 1.54) is 0 Å². The van der Waals surface area contributed by atoms with Gasteiger partial charge in [0.15, 0.2) is 0 Å². The van der Waals surface area contributed by atoms with Crippen LogP contribution in [0.15, 0.2) is 44.8 Å². The van der Waals surface area contributed by atoms with Crippen LogP contribution in [0.5, 0.6) is 0 Å². The molecule has 0 aliphatic heterocycles. The molecule has 0 spiro atoms. The van der Waals surface area contributed by atoms with E-state index >= 15 is 0 Å². The van der Waals surface area contributed by atoms with E-state index in [2.05, 4.69) is 33.4 Å². The number of hydrogen-bond acceptors (Lipinski definition) is 10. The summed E-state index contributed by atoms with van der Waals surface area (Å²) in [6, 6.07) is 12.1. The van der Waals surface area contributed by atoms with Gasteiger partial charge in [-0.15, -0.1) is 0 Å². The molecule has 0 aromatic rings. The van der Waals surface area contributed by atoms with Crippen LogP contribution < -0.4 is 21.3 Å². The summed E-state index contributed by atoms with van der Waals surface area (Å²) in [4.78, 5) is 0. The lowest BCUT2D eigenvalue weighted by Gasteiger charge is -2.27. The van der Waals surface area contributed by atoms with Gasteiger partial charge in [0.1, 0.15) is 47.6 Å². The zero-order valence-electron chi connectivity index (χ0n) is 21.9. The van der Waals surface area contributed by atoms with Crippen molar-refractivity contribution in [3.8, 4) is 36.4 Å². The molecule has 2 aliphatic carbocycles. The third-order valence-electron chi connectivity index (χ3n) is 6.88. The minimum atomic E-state index is -0.0129. The van der Waals surface area contributed by atoms with Gasteiger partial charge in [0, 0.05) is 60.6 Å². The number of unbranched alkanes of at least 4 members (excludes halogenated alkanes) is 3. The highest BCUT2D eigenvalue weighted by Gasteiger charge is 2.28. The van der Waals surface area contributed by atoms with Crippen molar-refractivity contribution in [3.05, 3.63) is 44.8 Å². The summed E-state index contributed by atoms with van der Waals surface area (Å²) in [5.74, 6) is 0. The maximum absolute atomic E-state index is 9.69. The van der Waals surface area contributed by atoms with Crippen LogP contribution in [0, 0.1) is 68.0 Å². The highest BCUT2D eigenvalue weighted by molar-refractivity contribution is 5.58. The Balaban J connectivity index is 1.91. The summed E-state index contributed by atoms with van der Waals surface area (Å²) in [7, 11) is 3.66. The first kappa shape index (κ1) is 29.6. The molecule has 2 atom stereocenters. The van der Waals surface area contributed by atoms with Gasteiger partial charge < -0.3 is 21.3 Å². The molecule has 0 saturated carbocycles. The van der Waals surface area contributed by atoms with Crippen molar-refractivity contribution in [2.75, 3.05) is 27.2 Å². The molecular weight excluding hydrogens is 476 g/mol. The van der Waals surface area contributed by atoms with E-state index < -0.39 is 0 Å². The Labute approximate surface area is 224 Å². The van der Waals surface area contributed by atoms with Crippen LogP contribution in [-0.4, -0.2) is 39.3 Å². The first-order chi connectivity index (χ1) is 18.5. The van der Waals surface area contributed by atoms with Gasteiger partial charge in [-0.25, -0.2) is 0 Å². The van der Waals surface area contributed by atoms with Gasteiger partial charge in [0.05, 0.1) is 11.1 Å². The van der Waals surface area contributed by atoms with Crippen LogP contribution >= 0.6 is 0 Å². The lowest BCUT2D eigenvalue weighted by Crippen LogP contribution is -2.34. The predicted octanol–water partition coefficient (Wildman–Crippen LogP) is 2.73. The molecule has 0 aromatic carbocycles. The molecule has 2 unspecified atom stereocenters. The van der Waals surface area contributed by atoms with E-state index in [9.17, 15) is 31.6 Å². The largest absolute Gasteiger partial charge is 0.387 e. The third-order valence-corrected chi connectivity index (χ3v) is 6.88. The zero-order valence-corrected chi connectivity index (χ0v) is 21.9. The summed E-state index contributed by atoms with van der Waals surface area (Å²) in [6.07, 6.45) is 5.92. The molecule has 2 aliphatic rings. The monoisotopic (exact) mass is 508 g/mol. The Morgan fingerprint density at radius 1 is 0.605 bits per heavy atom. The lowest BCUT2D eigenvalue weighted by molar-refractivity contribution is 0.504. The van der Waals surface area contributed by atoms with Crippen LogP contribution in [0.2, 0.25) is 0 Å². The van der Waals surface area contributed by atoms with E-state index in [0.717, 1.165) is 37.1 Å². The topological polar surface area (TPSA) is 191 Å². The van der Waals surface area contributed by atoms with Gasteiger partial charge in [0.2, 0.25) is 0 Å². The van der Waals surface area contributed by atoms with Gasteiger partial charge in [-0.1, -0.05) is 12.8 Å². The molecule has 0 radical (unpaired) electrons. The van der Waals surface area contributed by atoms with Crippen molar-refractivity contribution in [1.82, 2.24) is 21.3 Å². The van der Waals surface area contributed by atoms with Crippen molar-refractivity contribution in [2.45, 2.75) is 63.5 Å². The standard InChI is InChI=1S/C28H32N10/c1-35-21-9-23(19(13-29)14-30)25(17-33)27(11-21)37-7-5-3-4-6-8-38-28-12-22(36-2)10-24(26(28)18-34)20(15-31)16-32/h21-22,35-38H,3-12H2,1-2H3. The van der Waals surface area contributed by atoms with E-state index in [1.54, 1.807) is 0 Å². The first-order valence-electron chi connectivity index (χ1n) is 12.7. The van der Waals surface area contributed by atoms with Gasteiger partial charge in [-0.3, -0.25) is 0 Å². The minimum absolute atomic E-state index is 0.0129. The number of nitriles is 6. The summed E-state index contributed by atoms with van der Waals surface area (Å²) in [5.41, 5.74) is 3.31. The van der Waals surface area contributed by atoms with Crippen molar-refractivity contribution in [3.63, 3.8) is 0 Å². The summed E-state index contributed by atoms with van der Waals surface area (Å²) in [5, 5.41) is 69.6. The highest BCUT2D eigenvalue weighted by Crippen LogP contribution is 2.31. The number of allylic oxidation sites excluding steroid dienone is 4. The molecule has 10 heteroatoms. The van der Waals surface area contributed by atoms with E-state index in [1.807, 2.05) is 38.4 Å². The molecule has 0 heterocycles. The maximum Gasteiger partial charge on any atom is 0.134 e. The smallest absolute Gasteiger partial charge is 0.134 e. The van der Waals surface area contributed by atoms with Crippen molar-refractivity contribution in [2.24, 2.45) is 0 Å². The Hall–Kier alpha value is -4.58. The Morgan fingerprint density at radius 3 is 1.26 bits per heavy atom. The first-order valence-corrected chi connectivity index (χ1v) is 12.7. The van der Waals surface area contributed by atoms with Crippen LogP contribution in [-0.2, 0) is 0 Å². The van der Waals surface area contributed by atoms with Gasteiger partial charge in [-0.05, 0) is 39.8 Å². The maximum atomic E-state index is 9.69. The molecule has 38 heavy (non-hydrogen) atoms. The molecule has 10 nitrogen and oxygen atoms in total. The second-order valence-corrected chi connectivity index (χ2v) is 9.14. The van der Waals surface area contributed by atoms with E-state index in [-0.39, 0.29) is 23.2 Å². The average molecular weight is 509 g/mol. The molecule has 4 N–H and O–H groups in total. The molecule has 0 amide bonds. The quantitative estimate of drug-likeness (QED) is 0.238. The SMILES string of the molecule is CNC1CC(NCCCCCCNC2=C(C#N)C(=C(C#N)C#N)CC(NC)C2)=C(C#N)C(=C(C#N)C#N)C1. The Bertz CT molecular complexity index is 1140. The average Bonchev–Trinajstić information content (AvgIpc) is 2.95. The summed E-state index contributed by atoms with van der Waals surface area (Å²) in [6.45, 7) is 1.36. The van der Waals surface area contributed by atoms with E-state index in [0.29, 0.717) is 61.1 Å². The summed E-state index contributed by atoms with van der Waals surface area (Å²) >= 11 is 0. The molecule has 194 valence electrons. The van der Waals surface area contributed by atoms with Crippen molar-refractivity contribution >= 4 is 0 Å². The number of rotatable bonds is 11. The molecule has 0 saturated heterocycles.